The van der Waals surface area contributed by atoms with Gasteiger partial charge in [0, 0.05) is 37.6 Å². The molecule has 0 radical (unpaired) electrons. The number of rotatable bonds is 6. The van der Waals surface area contributed by atoms with E-state index in [1.807, 2.05) is 12.3 Å². The summed E-state index contributed by atoms with van der Waals surface area (Å²) in [6.45, 7) is 1.21. The Labute approximate surface area is 92.6 Å². The summed E-state index contributed by atoms with van der Waals surface area (Å²) in [5.74, 6) is -1.53. The van der Waals surface area contributed by atoms with Crippen LogP contribution in [-0.2, 0) is 16.1 Å². The van der Waals surface area contributed by atoms with E-state index in [9.17, 15) is 9.59 Å². The number of hydrogen-bond acceptors (Lipinski definition) is 3. The van der Waals surface area contributed by atoms with Crippen LogP contribution in [0.4, 0.5) is 0 Å². The number of carboxylic acids is 1. The van der Waals surface area contributed by atoms with Gasteiger partial charge in [0.25, 0.3) is 0 Å². The number of amides is 1. The molecule has 1 amide bonds. The summed E-state index contributed by atoms with van der Waals surface area (Å²) in [5.41, 5.74) is 0. The molecule has 1 rings (SSSR count). The molecule has 6 heteroatoms. The first kappa shape index (κ1) is 12.0. The Bertz CT molecular complexity index is 371. The minimum absolute atomic E-state index is 0.400. The lowest BCUT2D eigenvalue weighted by Crippen LogP contribution is -2.23. The van der Waals surface area contributed by atoms with Gasteiger partial charge in [-0.3, -0.25) is 9.48 Å². The average molecular weight is 223 g/mol. The van der Waals surface area contributed by atoms with E-state index in [1.165, 1.54) is 0 Å². The van der Waals surface area contributed by atoms with Crippen LogP contribution in [0.2, 0.25) is 0 Å². The number of nitrogens with one attached hydrogen (secondary N) is 1. The summed E-state index contributed by atoms with van der Waals surface area (Å²) in [6.07, 6.45) is 6.08. The van der Waals surface area contributed by atoms with Crippen molar-refractivity contribution in [2.75, 3.05) is 6.54 Å². The second kappa shape index (κ2) is 6.39. The molecule has 6 nitrogen and oxygen atoms in total. The predicted octanol–water partition coefficient (Wildman–Crippen LogP) is 0.0302. The fourth-order valence-corrected chi connectivity index (χ4v) is 1.09. The smallest absolute Gasteiger partial charge is 0.328 e. The van der Waals surface area contributed by atoms with Gasteiger partial charge in [0.2, 0.25) is 5.91 Å². The van der Waals surface area contributed by atoms with E-state index in [0.717, 1.165) is 25.1 Å². The highest BCUT2D eigenvalue weighted by atomic mass is 16.4. The molecule has 0 bridgehead atoms. The van der Waals surface area contributed by atoms with E-state index < -0.39 is 11.9 Å². The average Bonchev–Trinajstić information content (AvgIpc) is 2.74. The number of aliphatic carboxylic acids is 1. The van der Waals surface area contributed by atoms with Crippen molar-refractivity contribution in [3.63, 3.8) is 0 Å². The molecule has 86 valence electrons. The van der Waals surface area contributed by atoms with Crippen LogP contribution in [0.15, 0.2) is 30.6 Å². The molecule has 1 heterocycles. The lowest BCUT2D eigenvalue weighted by molar-refractivity contribution is -0.131. The van der Waals surface area contributed by atoms with Crippen LogP contribution in [0.1, 0.15) is 6.42 Å². The molecule has 0 unspecified atom stereocenters. The molecule has 0 fully saturated rings. The van der Waals surface area contributed by atoms with E-state index in [-0.39, 0.29) is 0 Å². The van der Waals surface area contributed by atoms with Crippen LogP contribution >= 0.6 is 0 Å². The summed E-state index contributed by atoms with van der Waals surface area (Å²) >= 11 is 0. The third-order valence-electron chi connectivity index (χ3n) is 1.80. The summed E-state index contributed by atoms with van der Waals surface area (Å²) < 4.78 is 1.76. The number of carboxylic acid groups (broad SMARTS) is 1. The van der Waals surface area contributed by atoms with Gasteiger partial charge in [0.05, 0.1) is 0 Å². The monoisotopic (exact) mass is 223 g/mol. The Kier molecular flexibility index (Phi) is 4.78. The number of carbonyl (C=O) groups excluding carboxylic acids is 1. The van der Waals surface area contributed by atoms with E-state index in [1.54, 1.807) is 10.9 Å². The number of aromatic nitrogens is 2. The van der Waals surface area contributed by atoms with E-state index in [0.29, 0.717) is 6.54 Å². The Morgan fingerprint density at radius 1 is 1.44 bits per heavy atom. The fraction of sp³-hybridized carbons (Fsp3) is 0.300. The van der Waals surface area contributed by atoms with Crippen molar-refractivity contribution in [1.82, 2.24) is 15.1 Å². The maximum atomic E-state index is 11.0. The topological polar surface area (TPSA) is 84.2 Å². The van der Waals surface area contributed by atoms with Gasteiger partial charge in [-0.15, -0.1) is 0 Å². The minimum atomic E-state index is -1.13. The lowest BCUT2D eigenvalue weighted by atomic mass is 10.4. The third-order valence-corrected chi connectivity index (χ3v) is 1.80. The Balaban J connectivity index is 2.11. The van der Waals surface area contributed by atoms with Gasteiger partial charge >= 0.3 is 5.97 Å². The number of nitrogens with zero attached hydrogens (tertiary/aromatic N) is 2. The number of aryl methyl sites for hydroxylation is 1. The van der Waals surface area contributed by atoms with Crippen LogP contribution in [0.3, 0.4) is 0 Å². The fourth-order valence-electron chi connectivity index (χ4n) is 1.09. The molecule has 0 spiro atoms. The zero-order valence-electron chi connectivity index (χ0n) is 8.67. The van der Waals surface area contributed by atoms with Crippen molar-refractivity contribution in [1.29, 1.82) is 0 Å². The molecule has 0 aromatic carbocycles. The van der Waals surface area contributed by atoms with Crippen molar-refractivity contribution in [3.8, 4) is 0 Å². The molecule has 0 aliphatic heterocycles. The van der Waals surface area contributed by atoms with Gasteiger partial charge in [-0.05, 0) is 12.5 Å². The molecular weight excluding hydrogens is 210 g/mol. The van der Waals surface area contributed by atoms with Crippen LogP contribution in [0.5, 0.6) is 0 Å². The Morgan fingerprint density at radius 2 is 2.25 bits per heavy atom. The number of hydrogen-bond donors (Lipinski definition) is 2. The number of carbonyl (C=O) groups is 2. The maximum absolute atomic E-state index is 11.0. The van der Waals surface area contributed by atoms with Crippen LogP contribution in [0.25, 0.3) is 0 Å². The van der Waals surface area contributed by atoms with E-state index >= 15 is 0 Å². The molecular formula is C10H13N3O3. The normalized spacial score (nSPS) is 10.5. The first-order chi connectivity index (χ1) is 7.68. The highest BCUT2D eigenvalue weighted by molar-refractivity contribution is 5.93. The summed E-state index contributed by atoms with van der Waals surface area (Å²) in [4.78, 5) is 21.1. The second-order valence-corrected chi connectivity index (χ2v) is 3.09. The molecule has 0 saturated carbocycles. The van der Waals surface area contributed by atoms with Gasteiger partial charge in [-0.2, -0.15) is 5.10 Å². The van der Waals surface area contributed by atoms with Crippen molar-refractivity contribution in [3.05, 3.63) is 30.6 Å². The van der Waals surface area contributed by atoms with E-state index in [4.69, 9.17) is 5.11 Å². The predicted molar refractivity (Wildman–Crippen MR) is 56.6 cm³/mol. The third kappa shape index (κ3) is 4.94. The summed E-state index contributed by atoms with van der Waals surface area (Å²) in [6, 6.07) is 1.83. The zero-order valence-corrected chi connectivity index (χ0v) is 8.67. The van der Waals surface area contributed by atoms with Gasteiger partial charge in [0.1, 0.15) is 0 Å². The Morgan fingerprint density at radius 3 is 2.88 bits per heavy atom. The first-order valence-electron chi connectivity index (χ1n) is 4.85. The summed E-state index contributed by atoms with van der Waals surface area (Å²) in [7, 11) is 0. The minimum Gasteiger partial charge on any atom is -0.478 e. The highest BCUT2D eigenvalue weighted by Crippen LogP contribution is 1.87. The molecule has 2 N–H and O–H groups in total. The summed E-state index contributed by atoms with van der Waals surface area (Å²) in [5, 5.41) is 14.9. The second-order valence-electron chi connectivity index (χ2n) is 3.09. The van der Waals surface area contributed by atoms with Crippen molar-refractivity contribution < 1.29 is 14.7 Å². The van der Waals surface area contributed by atoms with Gasteiger partial charge in [-0.25, -0.2) is 4.79 Å². The SMILES string of the molecule is O=C(O)/C=C/C(=O)NCCCn1cccn1. The molecule has 0 saturated heterocycles. The molecule has 0 aliphatic rings. The van der Waals surface area contributed by atoms with Crippen LogP contribution in [-0.4, -0.2) is 33.3 Å². The largest absolute Gasteiger partial charge is 0.478 e. The lowest BCUT2D eigenvalue weighted by Gasteiger charge is -2.02. The maximum Gasteiger partial charge on any atom is 0.328 e. The van der Waals surface area contributed by atoms with Crippen LogP contribution < -0.4 is 5.32 Å². The van der Waals surface area contributed by atoms with Gasteiger partial charge in [-0.1, -0.05) is 0 Å². The molecule has 0 atom stereocenters. The standard InChI is InChI=1S/C10H13N3O3/c14-9(3-4-10(15)16)11-5-1-7-13-8-2-6-12-13/h2-4,6,8H,1,5,7H2,(H,11,14)(H,15,16)/b4-3+. The zero-order chi connectivity index (χ0) is 11.8. The van der Waals surface area contributed by atoms with E-state index in [2.05, 4.69) is 10.4 Å². The van der Waals surface area contributed by atoms with Crippen molar-refractivity contribution in [2.24, 2.45) is 0 Å². The highest BCUT2D eigenvalue weighted by Gasteiger charge is 1.96. The van der Waals surface area contributed by atoms with Gasteiger partial charge in [0.15, 0.2) is 0 Å². The Hall–Kier alpha value is -2.11. The molecule has 16 heavy (non-hydrogen) atoms. The van der Waals surface area contributed by atoms with Gasteiger partial charge < -0.3 is 10.4 Å². The molecule has 1 aromatic heterocycles. The van der Waals surface area contributed by atoms with Crippen LogP contribution in [0, 0.1) is 0 Å². The molecule has 1 aromatic rings. The van der Waals surface area contributed by atoms with Crippen molar-refractivity contribution >= 4 is 11.9 Å². The quantitative estimate of drug-likeness (QED) is 0.526. The molecule has 0 aliphatic carbocycles. The first-order valence-corrected chi connectivity index (χ1v) is 4.85. The van der Waals surface area contributed by atoms with Crippen molar-refractivity contribution in [2.45, 2.75) is 13.0 Å².